The third kappa shape index (κ3) is 22.7. The Balaban J connectivity index is 0. The number of carboxylic acids is 1. The summed E-state index contributed by atoms with van der Waals surface area (Å²) in [6, 6.07) is 0. The van der Waals surface area contributed by atoms with Crippen LogP contribution in [0.2, 0.25) is 0 Å². The van der Waals surface area contributed by atoms with Crippen LogP contribution in [-0.4, -0.2) is 35.7 Å². The molecule has 0 aliphatic rings. The number of hydrogen-bond acceptors (Lipinski definition) is 5. The number of rotatable bonds is 7. The molecule has 5 N–H and O–H groups in total. The van der Waals surface area contributed by atoms with Gasteiger partial charge >= 0.3 is 5.97 Å². The Bertz CT molecular complexity index is 120. The normalized spacial score (nSPS) is 9.07. The van der Waals surface area contributed by atoms with E-state index in [1.165, 1.54) is 0 Å². The van der Waals surface area contributed by atoms with Gasteiger partial charge in [0.25, 0.3) is 0 Å². The highest BCUT2D eigenvalue weighted by atomic mass is 33.1. The van der Waals surface area contributed by atoms with Crippen LogP contribution in [0, 0.1) is 0 Å². The van der Waals surface area contributed by atoms with Crippen LogP contribution in [0.5, 0.6) is 0 Å². The molecule has 0 bridgehead atoms. The minimum absolute atomic E-state index is 0.292. The van der Waals surface area contributed by atoms with Crippen molar-refractivity contribution in [3.8, 4) is 0 Å². The van der Waals surface area contributed by atoms with Gasteiger partial charge < -0.3 is 16.6 Å². The lowest BCUT2D eigenvalue weighted by Crippen LogP contribution is -2.02. The summed E-state index contributed by atoms with van der Waals surface area (Å²) in [5, 5.41) is 7.91. The van der Waals surface area contributed by atoms with Gasteiger partial charge in [0.15, 0.2) is 0 Å². The fraction of sp³-hybridized carbons (Fsp3) is 0.875. The van der Waals surface area contributed by atoms with E-state index < -0.39 is 5.97 Å². The Labute approximate surface area is 93.6 Å². The quantitative estimate of drug-likeness (QED) is 0.457. The second-order valence-electron chi connectivity index (χ2n) is 2.37. The molecule has 0 aromatic heterocycles. The van der Waals surface area contributed by atoms with E-state index in [4.69, 9.17) is 16.6 Å². The number of nitrogens with two attached hydrogens (primary N) is 2. The maximum Gasteiger partial charge on any atom is 0.303 e. The number of carbonyl (C=O) groups is 1. The number of aliphatic carboxylic acids is 1. The van der Waals surface area contributed by atoms with Gasteiger partial charge in [-0.15, -0.1) is 0 Å². The van der Waals surface area contributed by atoms with E-state index in [0.717, 1.165) is 31.0 Å². The van der Waals surface area contributed by atoms with Crippen LogP contribution in [-0.2, 0) is 4.79 Å². The van der Waals surface area contributed by atoms with E-state index in [1.807, 2.05) is 6.92 Å². The van der Waals surface area contributed by atoms with Gasteiger partial charge in [-0.1, -0.05) is 28.5 Å². The van der Waals surface area contributed by atoms with Crippen LogP contribution in [0.3, 0.4) is 0 Å². The molecule has 86 valence electrons. The van der Waals surface area contributed by atoms with Crippen molar-refractivity contribution in [3.05, 3.63) is 0 Å². The molecule has 0 spiro atoms. The summed E-state index contributed by atoms with van der Waals surface area (Å²) in [5.74, 6) is 1.35. The minimum atomic E-state index is -0.711. The van der Waals surface area contributed by atoms with Crippen molar-refractivity contribution >= 4 is 27.6 Å². The van der Waals surface area contributed by atoms with E-state index >= 15 is 0 Å². The Kier molecular flexibility index (Phi) is 18.4. The summed E-state index contributed by atoms with van der Waals surface area (Å²) in [7, 11) is 3.58. The average molecular weight is 240 g/mol. The van der Waals surface area contributed by atoms with Crippen LogP contribution in [0.4, 0.5) is 0 Å². The van der Waals surface area contributed by atoms with Gasteiger partial charge in [0, 0.05) is 31.0 Å². The first-order chi connectivity index (χ1) is 6.68. The summed E-state index contributed by atoms with van der Waals surface area (Å²) in [5.41, 5.74) is 10.5. The molecule has 0 aliphatic heterocycles. The molecular weight excluding hydrogens is 220 g/mol. The second kappa shape index (κ2) is 15.6. The van der Waals surface area contributed by atoms with Gasteiger partial charge in [-0.05, 0) is 6.42 Å². The largest absolute Gasteiger partial charge is 0.481 e. The molecule has 0 unspecified atom stereocenters. The predicted molar refractivity (Wildman–Crippen MR) is 65.6 cm³/mol. The van der Waals surface area contributed by atoms with Crippen LogP contribution < -0.4 is 11.5 Å². The number of hydrogen-bond donors (Lipinski definition) is 3. The molecule has 14 heavy (non-hydrogen) atoms. The van der Waals surface area contributed by atoms with Crippen molar-refractivity contribution in [2.24, 2.45) is 11.5 Å². The second-order valence-corrected chi connectivity index (χ2v) is 5.07. The Morgan fingerprint density at radius 3 is 1.79 bits per heavy atom. The molecule has 0 rings (SSSR count). The van der Waals surface area contributed by atoms with Gasteiger partial charge in [-0.25, -0.2) is 0 Å². The molecule has 0 heterocycles. The fourth-order valence-corrected chi connectivity index (χ4v) is 2.14. The molecule has 0 amide bonds. The zero-order chi connectivity index (χ0) is 11.2. The van der Waals surface area contributed by atoms with Crippen LogP contribution in [0.25, 0.3) is 0 Å². The zero-order valence-electron chi connectivity index (χ0n) is 8.57. The molecule has 0 atom stereocenters. The van der Waals surface area contributed by atoms with Crippen molar-refractivity contribution in [2.45, 2.75) is 19.8 Å². The van der Waals surface area contributed by atoms with E-state index in [9.17, 15) is 4.79 Å². The van der Waals surface area contributed by atoms with Crippen molar-refractivity contribution in [1.29, 1.82) is 0 Å². The fourth-order valence-electron chi connectivity index (χ4n) is 0.428. The maximum atomic E-state index is 9.60. The monoisotopic (exact) mass is 240 g/mol. The highest BCUT2D eigenvalue weighted by Gasteiger charge is 1.87. The smallest absolute Gasteiger partial charge is 0.303 e. The molecule has 6 heteroatoms. The zero-order valence-corrected chi connectivity index (χ0v) is 10.2. The third-order valence-corrected chi connectivity index (χ3v) is 3.42. The molecular formula is C8H20N2O2S2. The van der Waals surface area contributed by atoms with Crippen LogP contribution in [0.1, 0.15) is 19.8 Å². The summed E-state index contributed by atoms with van der Waals surface area (Å²) in [4.78, 5) is 9.60. The molecule has 0 saturated carbocycles. The maximum absolute atomic E-state index is 9.60. The summed E-state index contributed by atoms with van der Waals surface area (Å²) < 4.78 is 0. The van der Waals surface area contributed by atoms with Crippen molar-refractivity contribution < 1.29 is 9.90 Å². The molecule has 0 fully saturated rings. The minimum Gasteiger partial charge on any atom is -0.481 e. The third-order valence-electron chi connectivity index (χ3n) is 0.950. The van der Waals surface area contributed by atoms with Crippen LogP contribution >= 0.6 is 21.6 Å². The lowest BCUT2D eigenvalue weighted by atomic mass is 10.4. The van der Waals surface area contributed by atoms with E-state index in [2.05, 4.69) is 0 Å². The predicted octanol–water partition coefficient (Wildman–Crippen LogP) is 1.16. The van der Waals surface area contributed by atoms with E-state index in [0.29, 0.717) is 6.42 Å². The molecule has 0 radical (unpaired) electrons. The first kappa shape index (κ1) is 16.5. The van der Waals surface area contributed by atoms with E-state index in [-0.39, 0.29) is 0 Å². The molecule has 4 nitrogen and oxygen atoms in total. The Morgan fingerprint density at radius 2 is 1.64 bits per heavy atom. The van der Waals surface area contributed by atoms with Gasteiger partial charge in [0.2, 0.25) is 0 Å². The van der Waals surface area contributed by atoms with Crippen molar-refractivity contribution in [2.75, 3.05) is 24.6 Å². The average Bonchev–Trinajstić information content (AvgIpc) is 2.13. The Morgan fingerprint density at radius 1 is 1.21 bits per heavy atom. The molecule has 0 aromatic rings. The van der Waals surface area contributed by atoms with Gasteiger partial charge in [0.1, 0.15) is 0 Å². The first-order valence-electron chi connectivity index (χ1n) is 4.55. The van der Waals surface area contributed by atoms with Gasteiger partial charge in [-0.3, -0.25) is 4.79 Å². The molecule has 0 aliphatic carbocycles. The summed E-state index contributed by atoms with van der Waals surface area (Å²) in [6.07, 6.45) is 1.02. The SMILES string of the molecule is CCCC(=O)O.NCCSSCCN. The van der Waals surface area contributed by atoms with Gasteiger partial charge in [0.05, 0.1) is 0 Å². The Hall–Kier alpha value is 0.0900. The van der Waals surface area contributed by atoms with Crippen LogP contribution in [0.15, 0.2) is 0 Å². The number of carboxylic acid groups (broad SMARTS) is 1. The lowest BCUT2D eigenvalue weighted by Gasteiger charge is -1.93. The summed E-state index contributed by atoms with van der Waals surface area (Å²) >= 11 is 0. The summed E-state index contributed by atoms with van der Waals surface area (Å²) in [6.45, 7) is 3.37. The van der Waals surface area contributed by atoms with Gasteiger partial charge in [-0.2, -0.15) is 0 Å². The molecule has 0 saturated heterocycles. The molecule has 0 aromatic carbocycles. The lowest BCUT2D eigenvalue weighted by molar-refractivity contribution is -0.137. The van der Waals surface area contributed by atoms with Crippen molar-refractivity contribution in [3.63, 3.8) is 0 Å². The highest BCUT2D eigenvalue weighted by Crippen LogP contribution is 2.18. The van der Waals surface area contributed by atoms with Crippen molar-refractivity contribution in [1.82, 2.24) is 0 Å². The van der Waals surface area contributed by atoms with E-state index in [1.54, 1.807) is 21.6 Å². The topological polar surface area (TPSA) is 89.3 Å². The standard InChI is InChI=1S/C4H12N2S2.C4H8O2/c5-1-3-7-8-4-2-6;1-2-3-4(5)6/h1-6H2;2-3H2,1H3,(H,5,6). The first-order valence-corrected chi connectivity index (χ1v) is 7.04. The highest BCUT2D eigenvalue weighted by molar-refractivity contribution is 8.76.